The lowest BCUT2D eigenvalue weighted by Gasteiger charge is -2.42. The molecule has 30 heavy (non-hydrogen) atoms. The molecule has 2 saturated heterocycles. The summed E-state index contributed by atoms with van der Waals surface area (Å²) in [4.78, 5) is 31.4. The summed E-state index contributed by atoms with van der Waals surface area (Å²) in [6, 6.07) is 12.4. The zero-order valence-corrected chi connectivity index (χ0v) is 17.3. The smallest absolute Gasteiger partial charge is 0.229 e. The highest BCUT2D eigenvalue weighted by atomic mass is 16.5. The van der Waals surface area contributed by atoms with Gasteiger partial charge in [0.1, 0.15) is 0 Å². The molecule has 3 heterocycles. The van der Waals surface area contributed by atoms with E-state index >= 15 is 0 Å². The molecule has 158 valence electrons. The van der Waals surface area contributed by atoms with Crippen molar-refractivity contribution in [1.29, 1.82) is 0 Å². The topological polar surface area (TPSA) is 85.5 Å². The molecule has 0 bridgehead atoms. The van der Waals surface area contributed by atoms with Crippen LogP contribution in [0, 0.1) is 11.3 Å². The minimum Gasteiger partial charge on any atom is -0.381 e. The van der Waals surface area contributed by atoms with Crippen molar-refractivity contribution in [3.63, 3.8) is 0 Å². The van der Waals surface area contributed by atoms with E-state index in [1.165, 1.54) is 0 Å². The zero-order valence-electron chi connectivity index (χ0n) is 17.3. The Labute approximate surface area is 177 Å². The van der Waals surface area contributed by atoms with E-state index in [9.17, 15) is 9.59 Å². The van der Waals surface area contributed by atoms with Gasteiger partial charge in [-0.25, -0.2) is 0 Å². The molecule has 2 aliphatic heterocycles. The maximum absolute atomic E-state index is 13.7. The molecule has 2 aromatic rings. The number of benzene rings is 1. The lowest BCUT2D eigenvalue weighted by Crippen LogP contribution is -2.52. The highest BCUT2D eigenvalue weighted by Gasteiger charge is 2.44. The van der Waals surface area contributed by atoms with Gasteiger partial charge in [0, 0.05) is 38.7 Å². The van der Waals surface area contributed by atoms with Crippen LogP contribution >= 0.6 is 0 Å². The number of primary amides is 1. The Kier molecular flexibility index (Phi) is 6.13. The van der Waals surface area contributed by atoms with Crippen molar-refractivity contribution in [3.05, 3.63) is 54.4 Å². The monoisotopic (exact) mass is 407 g/mol. The van der Waals surface area contributed by atoms with Gasteiger partial charge in [0.25, 0.3) is 0 Å². The summed E-state index contributed by atoms with van der Waals surface area (Å²) in [5.74, 6) is -0.403. The fraction of sp³-hybridized carbons (Fsp3) is 0.458. The molecule has 0 aliphatic carbocycles. The van der Waals surface area contributed by atoms with Crippen LogP contribution in [-0.4, -0.2) is 48.0 Å². The minimum atomic E-state index is -0.491. The van der Waals surface area contributed by atoms with Gasteiger partial charge in [-0.3, -0.25) is 14.6 Å². The summed E-state index contributed by atoms with van der Waals surface area (Å²) in [5, 5.41) is 0. The molecule has 1 aromatic carbocycles. The number of piperidine rings is 1. The summed E-state index contributed by atoms with van der Waals surface area (Å²) in [7, 11) is 0. The Morgan fingerprint density at radius 1 is 1.13 bits per heavy atom. The van der Waals surface area contributed by atoms with Crippen LogP contribution in [-0.2, 0) is 20.7 Å². The fourth-order valence-electron chi connectivity index (χ4n) is 4.75. The molecule has 1 atom stereocenters. The average Bonchev–Trinajstić information content (AvgIpc) is 2.80. The van der Waals surface area contributed by atoms with Gasteiger partial charge in [-0.05, 0) is 60.9 Å². The Bertz CT molecular complexity index is 894. The highest BCUT2D eigenvalue weighted by Crippen LogP contribution is 2.38. The van der Waals surface area contributed by atoms with E-state index in [2.05, 4.69) is 23.2 Å². The lowest BCUT2D eigenvalue weighted by atomic mass is 9.73. The largest absolute Gasteiger partial charge is 0.381 e. The highest BCUT2D eigenvalue weighted by molar-refractivity contribution is 5.85. The quantitative estimate of drug-likeness (QED) is 0.826. The minimum absolute atomic E-state index is 0.145. The third-order valence-electron chi connectivity index (χ3n) is 6.50. The number of rotatable bonds is 5. The van der Waals surface area contributed by atoms with Crippen molar-refractivity contribution in [2.24, 2.45) is 17.1 Å². The summed E-state index contributed by atoms with van der Waals surface area (Å²) in [6.45, 7) is 2.31. The number of carbonyl (C=O) groups is 2. The summed E-state index contributed by atoms with van der Waals surface area (Å²) in [5.41, 5.74) is 8.42. The van der Waals surface area contributed by atoms with Gasteiger partial charge >= 0.3 is 0 Å². The number of ether oxygens (including phenoxy) is 1. The molecule has 0 unspecified atom stereocenters. The van der Waals surface area contributed by atoms with Crippen molar-refractivity contribution in [1.82, 2.24) is 9.88 Å². The van der Waals surface area contributed by atoms with Crippen LogP contribution < -0.4 is 5.73 Å². The second kappa shape index (κ2) is 8.96. The third-order valence-corrected chi connectivity index (χ3v) is 6.50. The van der Waals surface area contributed by atoms with Gasteiger partial charge in [-0.1, -0.05) is 24.3 Å². The van der Waals surface area contributed by atoms with E-state index in [1.54, 1.807) is 12.4 Å². The number of nitrogens with two attached hydrogens (primary N) is 1. The number of nitrogens with zero attached hydrogens (tertiary/aromatic N) is 2. The number of pyridine rings is 1. The molecule has 6 nitrogen and oxygen atoms in total. The molecule has 1 aromatic heterocycles. The Morgan fingerprint density at radius 2 is 1.90 bits per heavy atom. The number of hydrogen-bond donors (Lipinski definition) is 1. The number of amides is 2. The molecule has 2 N–H and O–H groups in total. The van der Waals surface area contributed by atoms with E-state index in [1.807, 2.05) is 23.1 Å². The molecule has 0 spiro atoms. The first-order chi connectivity index (χ1) is 14.6. The van der Waals surface area contributed by atoms with Crippen LogP contribution in [0.1, 0.15) is 31.2 Å². The van der Waals surface area contributed by atoms with E-state index in [-0.39, 0.29) is 17.7 Å². The first-order valence-corrected chi connectivity index (χ1v) is 10.7. The van der Waals surface area contributed by atoms with Crippen molar-refractivity contribution < 1.29 is 14.3 Å². The van der Waals surface area contributed by atoms with E-state index < -0.39 is 5.41 Å². The van der Waals surface area contributed by atoms with Crippen LogP contribution in [0.3, 0.4) is 0 Å². The third kappa shape index (κ3) is 4.38. The van der Waals surface area contributed by atoms with Gasteiger partial charge in [-0.2, -0.15) is 0 Å². The van der Waals surface area contributed by atoms with E-state index in [0.29, 0.717) is 45.6 Å². The Balaban J connectivity index is 1.58. The van der Waals surface area contributed by atoms with Crippen LogP contribution in [0.15, 0.2) is 48.8 Å². The fourth-order valence-corrected chi connectivity index (χ4v) is 4.75. The predicted octanol–water partition coefficient (Wildman–Crippen LogP) is 2.81. The SMILES string of the molecule is NC(=O)[C@H]1CCCN(C(=O)C2(Cc3cccc(-c4ccncc4)c3)CCOCC2)C1. The normalized spacial score (nSPS) is 21.2. The van der Waals surface area contributed by atoms with Gasteiger partial charge in [0.15, 0.2) is 0 Å². The molecule has 6 heteroatoms. The summed E-state index contributed by atoms with van der Waals surface area (Å²) >= 11 is 0. The Hall–Kier alpha value is -2.73. The Morgan fingerprint density at radius 3 is 2.63 bits per heavy atom. The summed E-state index contributed by atoms with van der Waals surface area (Å²) < 4.78 is 5.60. The van der Waals surface area contributed by atoms with Crippen LogP contribution in [0.2, 0.25) is 0 Å². The second-order valence-corrected chi connectivity index (χ2v) is 8.50. The van der Waals surface area contributed by atoms with Gasteiger partial charge in [0.2, 0.25) is 11.8 Å². The molecule has 4 rings (SSSR count). The maximum atomic E-state index is 13.7. The molecule has 0 radical (unpaired) electrons. The van der Waals surface area contributed by atoms with Crippen molar-refractivity contribution in [3.8, 4) is 11.1 Å². The molecular weight excluding hydrogens is 378 g/mol. The molecule has 0 saturated carbocycles. The van der Waals surface area contributed by atoms with Crippen molar-refractivity contribution in [2.75, 3.05) is 26.3 Å². The van der Waals surface area contributed by atoms with Crippen LogP contribution in [0.25, 0.3) is 11.1 Å². The molecule has 2 fully saturated rings. The van der Waals surface area contributed by atoms with Crippen molar-refractivity contribution >= 4 is 11.8 Å². The average molecular weight is 408 g/mol. The number of hydrogen-bond acceptors (Lipinski definition) is 4. The number of carbonyl (C=O) groups excluding carboxylic acids is 2. The van der Waals surface area contributed by atoms with Crippen molar-refractivity contribution in [2.45, 2.75) is 32.1 Å². The molecular formula is C24H29N3O3. The van der Waals surface area contributed by atoms with Crippen LogP contribution in [0.5, 0.6) is 0 Å². The molecule has 2 aliphatic rings. The first kappa shape index (κ1) is 20.5. The van der Waals surface area contributed by atoms with Crippen LogP contribution in [0.4, 0.5) is 0 Å². The second-order valence-electron chi connectivity index (χ2n) is 8.50. The number of aromatic nitrogens is 1. The maximum Gasteiger partial charge on any atom is 0.229 e. The summed E-state index contributed by atoms with van der Waals surface area (Å²) in [6.07, 6.45) is 7.23. The van der Waals surface area contributed by atoms with Gasteiger partial charge < -0.3 is 15.4 Å². The van der Waals surface area contributed by atoms with Gasteiger partial charge in [-0.15, -0.1) is 0 Å². The lowest BCUT2D eigenvalue weighted by molar-refractivity contribution is -0.150. The zero-order chi connectivity index (χ0) is 21.0. The standard InChI is InChI=1S/C24H29N3O3/c25-22(28)21-5-2-12-27(17-21)23(29)24(8-13-30-14-9-24)16-18-3-1-4-20(15-18)19-6-10-26-11-7-19/h1,3-4,6-7,10-11,15,21H,2,5,8-9,12-14,16-17H2,(H2,25,28)/t21-/m0/s1. The first-order valence-electron chi connectivity index (χ1n) is 10.7. The molecule has 2 amide bonds. The van der Waals surface area contributed by atoms with E-state index in [4.69, 9.17) is 10.5 Å². The van der Waals surface area contributed by atoms with Gasteiger partial charge in [0.05, 0.1) is 11.3 Å². The number of likely N-dealkylation sites (tertiary alicyclic amines) is 1. The predicted molar refractivity (Wildman–Crippen MR) is 114 cm³/mol. The van der Waals surface area contributed by atoms with E-state index in [0.717, 1.165) is 29.5 Å².